The SMILES string of the molecule is C[C@@H](O)c1cc(F)ccc1-c1nn(C)cc1Cc1cc(CC2CC2)nn1C. The summed E-state index contributed by atoms with van der Waals surface area (Å²) < 4.78 is 17.4. The largest absolute Gasteiger partial charge is 0.389 e. The summed E-state index contributed by atoms with van der Waals surface area (Å²) in [5.41, 5.74) is 5.40. The number of hydrogen-bond acceptors (Lipinski definition) is 3. The van der Waals surface area contributed by atoms with E-state index in [1.165, 1.54) is 25.0 Å². The predicted octanol–water partition coefficient (Wildman–Crippen LogP) is 3.56. The zero-order valence-electron chi connectivity index (χ0n) is 16.0. The maximum absolute atomic E-state index is 13.7. The molecular weight excluding hydrogens is 343 g/mol. The van der Waals surface area contributed by atoms with Crippen LogP contribution < -0.4 is 0 Å². The Balaban J connectivity index is 1.69. The van der Waals surface area contributed by atoms with Gasteiger partial charge in [0.2, 0.25) is 0 Å². The van der Waals surface area contributed by atoms with Gasteiger partial charge in [0.05, 0.1) is 17.5 Å². The summed E-state index contributed by atoms with van der Waals surface area (Å²) in [6.45, 7) is 1.64. The molecule has 1 aromatic carbocycles. The van der Waals surface area contributed by atoms with Crippen LogP contribution in [0, 0.1) is 11.7 Å². The van der Waals surface area contributed by atoms with Gasteiger partial charge in [-0.3, -0.25) is 9.36 Å². The van der Waals surface area contributed by atoms with E-state index < -0.39 is 6.10 Å². The number of nitrogens with zero attached hydrogens (tertiary/aromatic N) is 4. The normalized spacial score (nSPS) is 15.3. The van der Waals surface area contributed by atoms with Gasteiger partial charge in [0.25, 0.3) is 0 Å². The average Bonchev–Trinajstić information content (AvgIpc) is 3.25. The number of rotatable bonds is 6. The van der Waals surface area contributed by atoms with Gasteiger partial charge in [0.1, 0.15) is 5.82 Å². The van der Waals surface area contributed by atoms with Crippen molar-refractivity contribution in [3.8, 4) is 11.3 Å². The lowest BCUT2D eigenvalue weighted by atomic mass is 9.97. The van der Waals surface area contributed by atoms with Gasteiger partial charge in [-0.25, -0.2) is 4.39 Å². The molecule has 1 N–H and O–H groups in total. The van der Waals surface area contributed by atoms with Crippen molar-refractivity contribution in [3.05, 3.63) is 58.8 Å². The molecule has 1 fully saturated rings. The molecule has 6 heteroatoms. The Bertz CT molecular complexity index is 969. The first-order valence-electron chi connectivity index (χ1n) is 9.43. The highest BCUT2D eigenvalue weighted by Gasteiger charge is 2.24. The first-order valence-corrected chi connectivity index (χ1v) is 9.43. The second-order valence-corrected chi connectivity index (χ2v) is 7.66. The molecule has 5 nitrogen and oxygen atoms in total. The highest BCUT2D eigenvalue weighted by atomic mass is 19.1. The zero-order valence-corrected chi connectivity index (χ0v) is 16.0. The molecule has 0 amide bonds. The second-order valence-electron chi connectivity index (χ2n) is 7.66. The van der Waals surface area contributed by atoms with Crippen LogP contribution in [-0.2, 0) is 26.9 Å². The minimum absolute atomic E-state index is 0.358. The van der Waals surface area contributed by atoms with E-state index in [-0.39, 0.29) is 5.82 Å². The molecule has 0 bridgehead atoms. The molecule has 2 aromatic heterocycles. The third-order valence-corrected chi connectivity index (χ3v) is 5.22. The van der Waals surface area contributed by atoms with Crippen molar-refractivity contribution in [3.63, 3.8) is 0 Å². The van der Waals surface area contributed by atoms with Gasteiger partial charge in [-0.1, -0.05) is 0 Å². The number of aromatic nitrogens is 4. The van der Waals surface area contributed by atoms with Crippen molar-refractivity contribution >= 4 is 0 Å². The molecule has 4 rings (SSSR count). The third-order valence-electron chi connectivity index (χ3n) is 5.22. The molecule has 142 valence electrons. The van der Waals surface area contributed by atoms with Crippen LogP contribution in [0.3, 0.4) is 0 Å². The fourth-order valence-corrected chi connectivity index (χ4v) is 3.64. The Labute approximate surface area is 158 Å². The standard InChI is InChI=1S/C21H25FN4O/c1-13(27)20-10-16(22)6-7-19(20)21-15(12-25(2)24-21)9-18-11-17(23-26(18)3)8-14-4-5-14/h6-7,10-14,27H,4-5,8-9H2,1-3H3/t13-/m1/s1. The van der Waals surface area contributed by atoms with E-state index in [4.69, 9.17) is 0 Å². The quantitative estimate of drug-likeness (QED) is 0.724. The second kappa shape index (κ2) is 6.93. The Morgan fingerprint density at radius 1 is 1.22 bits per heavy atom. The molecule has 0 spiro atoms. The smallest absolute Gasteiger partial charge is 0.123 e. The highest BCUT2D eigenvalue weighted by molar-refractivity contribution is 5.67. The van der Waals surface area contributed by atoms with Crippen molar-refractivity contribution in [2.75, 3.05) is 0 Å². The van der Waals surface area contributed by atoms with Crippen LogP contribution in [0.1, 0.15) is 48.4 Å². The summed E-state index contributed by atoms with van der Waals surface area (Å²) >= 11 is 0. The van der Waals surface area contributed by atoms with Gasteiger partial charge in [-0.05, 0) is 61.9 Å². The topological polar surface area (TPSA) is 55.9 Å². The molecule has 0 saturated heterocycles. The van der Waals surface area contributed by atoms with Crippen LogP contribution in [0.5, 0.6) is 0 Å². The summed E-state index contributed by atoms with van der Waals surface area (Å²) in [6.07, 6.45) is 5.58. The van der Waals surface area contributed by atoms with E-state index in [2.05, 4.69) is 16.3 Å². The van der Waals surface area contributed by atoms with Crippen molar-refractivity contribution in [1.29, 1.82) is 0 Å². The highest BCUT2D eigenvalue weighted by Crippen LogP contribution is 2.33. The van der Waals surface area contributed by atoms with E-state index >= 15 is 0 Å². The summed E-state index contributed by atoms with van der Waals surface area (Å²) in [5, 5.41) is 19.4. The lowest BCUT2D eigenvalue weighted by Crippen LogP contribution is -2.01. The Kier molecular flexibility index (Phi) is 4.60. The van der Waals surface area contributed by atoms with Crippen LogP contribution in [0.15, 0.2) is 30.5 Å². The first-order chi connectivity index (χ1) is 12.9. The van der Waals surface area contributed by atoms with E-state index in [0.717, 1.165) is 40.5 Å². The van der Waals surface area contributed by atoms with Gasteiger partial charge in [-0.2, -0.15) is 10.2 Å². The van der Waals surface area contributed by atoms with Crippen LogP contribution in [-0.4, -0.2) is 24.7 Å². The Hall–Kier alpha value is -2.47. The Morgan fingerprint density at radius 3 is 2.70 bits per heavy atom. The zero-order chi connectivity index (χ0) is 19.1. The minimum Gasteiger partial charge on any atom is -0.389 e. The van der Waals surface area contributed by atoms with Crippen molar-refractivity contribution in [2.45, 2.75) is 38.7 Å². The predicted molar refractivity (Wildman–Crippen MR) is 102 cm³/mol. The molecule has 27 heavy (non-hydrogen) atoms. The van der Waals surface area contributed by atoms with Crippen LogP contribution in [0.25, 0.3) is 11.3 Å². The third kappa shape index (κ3) is 3.81. The number of aryl methyl sites for hydroxylation is 2. The number of hydrogen-bond donors (Lipinski definition) is 1. The maximum atomic E-state index is 13.7. The van der Waals surface area contributed by atoms with E-state index in [0.29, 0.717) is 12.0 Å². The summed E-state index contributed by atoms with van der Waals surface area (Å²) in [6, 6.07) is 6.67. The molecule has 0 aliphatic heterocycles. The van der Waals surface area contributed by atoms with Crippen LogP contribution in [0.4, 0.5) is 4.39 Å². The molecule has 0 unspecified atom stereocenters. The van der Waals surface area contributed by atoms with Crippen molar-refractivity contribution < 1.29 is 9.50 Å². The molecular formula is C21H25FN4O. The summed E-state index contributed by atoms with van der Waals surface area (Å²) in [5.74, 6) is 0.443. The molecule has 1 saturated carbocycles. The molecule has 1 aliphatic rings. The summed E-state index contributed by atoms with van der Waals surface area (Å²) in [4.78, 5) is 0. The van der Waals surface area contributed by atoms with Crippen LogP contribution >= 0.6 is 0 Å². The minimum atomic E-state index is -0.771. The maximum Gasteiger partial charge on any atom is 0.123 e. The fraction of sp³-hybridized carbons (Fsp3) is 0.429. The lowest BCUT2D eigenvalue weighted by molar-refractivity contribution is 0.199. The first kappa shape index (κ1) is 17.9. The Morgan fingerprint density at radius 2 is 2.00 bits per heavy atom. The number of aliphatic hydroxyl groups excluding tert-OH is 1. The fourth-order valence-electron chi connectivity index (χ4n) is 3.64. The number of benzene rings is 1. The van der Waals surface area contributed by atoms with Gasteiger partial charge in [0, 0.05) is 43.5 Å². The number of halogens is 1. The molecule has 3 aromatic rings. The van der Waals surface area contributed by atoms with E-state index in [9.17, 15) is 9.50 Å². The monoisotopic (exact) mass is 368 g/mol. The van der Waals surface area contributed by atoms with Gasteiger partial charge in [0.15, 0.2) is 0 Å². The van der Waals surface area contributed by atoms with Gasteiger partial charge in [-0.15, -0.1) is 0 Å². The van der Waals surface area contributed by atoms with Crippen molar-refractivity contribution in [2.24, 2.45) is 20.0 Å². The molecule has 1 aliphatic carbocycles. The molecule has 1 atom stereocenters. The average molecular weight is 368 g/mol. The number of aliphatic hydroxyl groups is 1. The lowest BCUT2D eigenvalue weighted by Gasteiger charge is -2.12. The van der Waals surface area contributed by atoms with Crippen molar-refractivity contribution in [1.82, 2.24) is 19.6 Å². The molecule has 2 heterocycles. The van der Waals surface area contributed by atoms with Gasteiger partial charge < -0.3 is 5.11 Å². The summed E-state index contributed by atoms with van der Waals surface area (Å²) in [7, 11) is 3.85. The van der Waals surface area contributed by atoms with Gasteiger partial charge >= 0.3 is 0 Å². The van der Waals surface area contributed by atoms with E-state index in [1.807, 2.05) is 25.0 Å². The van der Waals surface area contributed by atoms with Crippen LogP contribution in [0.2, 0.25) is 0 Å². The van der Waals surface area contributed by atoms with E-state index in [1.54, 1.807) is 17.7 Å². The molecule has 0 radical (unpaired) electrons.